The van der Waals surface area contributed by atoms with Crippen molar-refractivity contribution in [3.05, 3.63) is 46.8 Å². The third-order valence-electron chi connectivity index (χ3n) is 6.60. The number of nitrogens with one attached hydrogen (secondary N) is 2. The van der Waals surface area contributed by atoms with E-state index in [4.69, 9.17) is 4.99 Å². The highest BCUT2D eigenvalue weighted by molar-refractivity contribution is 8.02. The van der Waals surface area contributed by atoms with Gasteiger partial charge in [-0.2, -0.15) is 0 Å². The molecule has 0 aromatic carbocycles. The highest BCUT2D eigenvalue weighted by Gasteiger charge is 2.42. The number of hydrogen-bond acceptors (Lipinski definition) is 6. The number of amides is 1. The first-order valence-electron chi connectivity index (χ1n) is 12.7. The first-order valence-corrected chi connectivity index (χ1v) is 14.5. The van der Waals surface area contributed by atoms with E-state index < -0.39 is 11.0 Å². The standard InChI is InChI=1S/C27H41FN5O2PS/c1-18(31-15-25(3,4)35)13-30-22(24(34)33-17-27(28,36)12-19(33)2)23(37-6)20-8-7-9-21(29-14-20)32-16-26(5)10-11-26/h7-8,13-14,19,31,35H,1,9-12,15-17,36H2,2-6H3,(H,29,32)/b23-22-,30-13?/t19-,27?/m0/s1. The summed E-state index contributed by atoms with van der Waals surface area (Å²) in [5.41, 5.74) is 0.876. The van der Waals surface area contributed by atoms with Crippen LogP contribution in [0.25, 0.3) is 0 Å². The van der Waals surface area contributed by atoms with Gasteiger partial charge in [0.1, 0.15) is 16.9 Å². The molecule has 204 valence electrons. The zero-order valence-corrected chi connectivity index (χ0v) is 24.6. The van der Waals surface area contributed by atoms with Crippen molar-refractivity contribution in [1.29, 1.82) is 0 Å². The van der Waals surface area contributed by atoms with Crippen molar-refractivity contribution in [2.45, 2.75) is 70.4 Å². The maximum Gasteiger partial charge on any atom is 0.274 e. The van der Waals surface area contributed by atoms with Crippen molar-refractivity contribution < 1.29 is 14.3 Å². The summed E-state index contributed by atoms with van der Waals surface area (Å²) in [6.45, 7) is 12.5. The Morgan fingerprint density at radius 1 is 1.49 bits per heavy atom. The topological polar surface area (TPSA) is 89.3 Å². The summed E-state index contributed by atoms with van der Waals surface area (Å²) in [6.07, 6.45) is 12.6. The van der Waals surface area contributed by atoms with Crippen LogP contribution in [0.3, 0.4) is 0 Å². The van der Waals surface area contributed by atoms with Crippen LogP contribution in [-0.2, 0) is 4.79 Å². The molecule has 3 atom stereocenters. The molecule has 7 nitrogen and oxygen atoms in total. The first-order chi connectivity index (χ1) is 17.2. The number of likely N-dealkylation sites (tertiary alicyclic amines) is 1. The number of aliphatic imine (C=N–C) groups is 2. The lowest BCUT2D eigenvalue weighted by atomic mass is 10.1. The largest absolute Gasteiger partial charge is 0.389 e. The molecule has 2 unspecified atom stereocenters. The third-order valence-corrected chi connectivity index (χ3v) is 7.86. The molecule has 0 spiro atoms. The SMILES string of the molecule is C=C(C=N/C(C(=O)N1CC(F)(P)C[C@@H]1C)=C(\SC)C1=CNC(=NCC2(C)CC2)CC=C1)NCC(C)(C)O. The van der Waals surface area contributed by atoms with Gasteiger partial charge in [0.25, 0.3) is 5.91 Å². The van der Waals surface area contributed by atoms with Crippen LogP contribution in [-0.4, -0.2) is 70.9 Å². The van der Waals surface area contributed by atoms with Crippen molar-refractivity contribution in [3.63, 3.8) is 0 Å². The third kappa shape index (κ3) is 8.79. The number of hydrogen-bond donors (Lipinski definition) is 3. The minimum Gasteiger partial charge on any atom is -0.389 e. The molecule has 2 heterocycles. The molecule has 3 aliphatic rings. The minimum absolute atomic E-state index is 0.0149. The summed E-state index contributed by atoms with van der Waals surface area (Å²) in [5.74, 6) is 0.554. The molecule has 3 rings (SSSR count). The Bertz CT molecular complexity index is 1050. The number of allylic oxidation sites excluding steroid dienone is 3. The van der Waals surface area contributed by atoms with Gasteiger partial charge in [0.15, 0.2) is 0 Å². The van der Waals surface area contributed by atoms with Gasteiger partial charge in [-0.05, 0) is 45.3 Å². The van der Waals surface area contributed by atoms with Gasteiger partial charge in [-0.25, -0.2) is 9.38 Å². The molecule has 0 radical (unpaired) electrons. The lowest BCUT2D eigenvalue weighted by molar-refractivity contribution is -0.127. The van der Waals surface area contributed by atoms with Gasteiger partial charge in [0.05, 0.1) is 18.4 Å². The second-order valence-corrected chi connectivity index (χ2v) is 13.1. The number of carbonyl (C=O) groups is 1. The number of aliphatic hydroxyl groups is 1. The predicted molar refractivity (Wildman–Crippen MR) is 156 cm³/mol. The zero-order valence-electron chi connectivity index (χ0n) is 22.6. The molecule has 37 heavy (non-hydrogen) atoms. The van der Waals surface area contributed by atoms with E-state index in [2.05, 4.69) is 38.4 Å². The summed E-state index contributed by atoms with van der Waals surface area (Å²) in [5, 5.41) is 14.8. The van der Waals surface area contributed by atoms with Gasteiger partial charge in [-0.3, -0.25) is 9.79 Å². The number of rotatable bonds is 10. The van der Waals surface area contributed by atoms with Crippen LogP contribution >= 0.6 is 21.0 Å². The van der Waals surface area contributed by atoms with E-state index >= 15 is 0 Å². The van der Waals surface area contributed by atoms with Crippen LogP contribution in [0.4, 0.5) is 4.39 Å². The van der Waals surface area contributed by atoms with Crippen LogP contribution in [0.5, 0.6) is 0 Å². The van der Waals surface area contributed by atoms with Crippen LogP contribution in [0.15, 0.2) is 56.8 Å². The Morgan fingerprint density at radius 3 is 2.76 bits per heavy atom. The summed E-state index contributed by atoms with van der Waals surface area (Å²) >= 11 is 1.41. The van der Waals surface area contributed by atoms with Gasteiger partial charge in [-0.15, -0.1) is 11.8 Å². The van der Waals surface area contributed by atoms with E-state index in [1.54, 1.807) is 18.7 Å². The lowest BCUT2D eigenvalue weighted by Gasteiger charge is -2.23. The Labute approximate surface area is 227 Å². The normalized spacial score (nSPS) is 27.0. The highest BCUT2D eigenvalue weighted by atomic mass is 32.2. The number of thioether (sulfide) groups is 1. The van der Waals surface area contributed by atoms with Crippen molar-refractivity contribution in [1.82, 2.24) is 15.5 Å². The second kappa shape index (κ2) is 11.8. The predicted octanol–water partition coefficient (Wildman–Crippen LogP) is 4.30. The molecular formula is C27H41FN5O2PS. The average Bonchev–Trinajstić information content (AvgIpc) is 3.53. The summed E-state index contributed by atoms with van der Waals surface area (Å²) in [6, 6.07) is -0.265. The maximum absolute atomic E-state index is 14.8. The zero-order chi connectivity index (χ0) is 27.4. The number of alkyl halides is 1. The molecule has 2 fully saturated rings. The molecule has 3 N–H and O–H groups in total. The van der Waals surface area contributed by atoms with Crippen LogP contribution in [0.2, 0.25) is 0 Å². The molecule has 10 heteroatoms. The quantitative estimate of drug-likeness (QED) is 0.215. The number of nitrogens with zero attached hydrogens (tertiary/aromatic N) is 3. The molecule has 0 aromatic rings. The van der Waals surface area contributed by atoms with Crippen LogP contribution in [0.1, 0.15) is 53.4 Å². The number of carbonyl (C=O) groups excluding carboxylic acids is 1. The lowest BCUT2D eigenvalue weighted by Crippen LogP contribution is -2.36. The fourth-order valence-electron chi connectivity index (χ4n) is 4.07. The second-order valence-electron chi connectivity index (χ2n) is 11.3. The van der Waals surface area contributed by atoms with Gasteiger partial charge < -0.3 is 20.6 Å². The summed E-state index contributed by atoms with van der Waals surface area (Å²) in [4.78, 5) is 25.3. The van der Waals surface area contributed by atoms with Gasteiger partial charge >= 0.3 is 0 Å². The summed E-state index contributed by atoms with van der Waals surface area (Å²) in [7, 11) is 2.23. The van der Waals surface area contributed by atoms with Crippen molar-refractivity contribution >= 4 is 39.0 Å². The Balaban J connectivity index is 1.92. The molecule has 1 saturated carbocycles. The van der Waals surface area contributed by atoms with Gasteiger partial charge in [-0.1, -0.05) is 34.9 Å². The fraction of sp³-hybridized carbons (Fsp3) is 0.593. The molecule has 2 aliphatic heterocycles. The molecule has 0 bridgehead atoms. The van der Waals surface area contributed by atoms with E-state index in [1.807, 2.05) is 31.5 Å². The average molecular weight is 550 g/mol. The van der Waals surface area contributed by atoms with E-state index in [0.717, 1.165) is 18.0 Å². The molecule has 1 amide bonds. The van der Waals surface area contributed by atoms with E-state index in [1.165, 1.54) is 30.8 Å². The molecule has 1 saturated heterocycles. The maximum atomic E-state index is 14.8. The molecule has 0 aromatic heterocycles. The smallest absolute Gasteiger partial charge is 0.274 e. The van der Waals surface area contributed by atoms with Crippen molar-refractivity contribution in [3.8, 4) is 0 Å². The number of halogens is 1. The van der Waals surface area contributed by atoms with E-state index in [0.29, 0.717) is 22.4 Å². The Kier molecular flexibility index (Phi) is 9.46. The van der Waals surface area contributed by atoms with Crippen LogP contribution < -0.4 is 10.6 Å². The van der Waals surface area contributed by atoms with Gasteiger partial charge in [0, 0.05) is 54.3 Å². The van der Waals surface area contributed by atoms with Gasteiger partial charge in [0.2, 0.25) is 0 Å². The molecular weight excluding hydrogens is 508 g/mol. The van der Waals surface area contributed by atoms with Crippen molar-refractivity contribution in [2.75, 3.05) is 25.9 Å². The number of amidine groups is 1. The van der Waals surface area contributed by atoms with E-state index in [9.17, 15) is 14.3 Å². The fourth-order valence-corrected chi connectivity index (χ4v) is 5.30. The Hall–Kier alpha value is -1.96. The monoisotopic (exact) mass is 549 g/mol. The van der Waals surface area contributed by atoms with E-state index in [-0.39, 0.29) is 37.2 Å². The minimum atomic E-state index is -1.52. The summed E-state index contributed by atoms with van der Waals surface area (Å²) < 4.78 is 14.8. The Morgan fingerprint density at radius 2 is 2.19 bits per heavy atom. The first kappa shape index (κ1) is 29.6. The molecule has 1 aliphatic carbocycles. The van der Waals surface area contributed by atoms with Crippen LogP contribution in [0, 0.1) is 5.41 Å². The van der Waals surface area contributed by atoms with Crippen molar-refractivity contribution in [2.24, 2.45) is 15.4 Å². The highest BCUT2D eigenvalue weighted by Crippen LogP contribution is 2.45.